The van der Waals surface area contributed by atoms with E-state index in [9.17, 15) is 18.9 Å². The maximum absolute atomic E-state index is 13.9. The summed E-state index contributed by atoms with van der Waals surface area (Å²) in [7, 11) is -1.24. The smallest absolute Gasteiger partial charge is 0.262 e. The third kappa shape index (κ3) is 6.25. The number of morpholine rings is 1. The fourth-order valence-corrected chi connectivity index (χ4v) is 10.9. The second kappa shape index (κ2) is 13.1. The SMILES string of the molecule is C=S1(=O)NC(=O)c2ccc3c(c2)N(C[C@@H]2CC[C@H]2[C@@](O)([C@H]2OCCN(C)C2=O)CCC[C@H](C)[C@H]1C)C[C@@]1(CCCc2cc(Cl)ccc21)CO3. The highest BCUT2D eigenvalue weighted by molar-refractivity contribution is 7.99. The molecule has 2 fully saturated rings. The number of carbonyl (C=O) groups is 2. The van der Waals surface area contributed by atoms with Crippen molar-refractivity contribution in [3.8, 4) is 5.75 Å². The van der Waals surface area contributed by atoms with Crippen LogP contribution in [0.1, 0.15) is 80.3 Å². The number of amides is 2. The summed E-state index contributed by atoms with van der Waals surface area (Å²) in [5.41, 5.74) is 2.01. The number of ether oxygens (including phenoxy) is 2. The summed E-state index contributed by atoms with van der Waals surface area (Å²) >= 11 is 6.46. The molecular formula is C38H50ClN3O6S. The van der Waals surface area contributed by atoms with Crippen LogP contribution >= 0.6 is 11.6 Å². The Morgan fingerprint density at radius 2 is 1.90 bits per heavy atom. The Bertz CT molecular complexity index is 1740. The largest absolute Gasteiger partial charge is 0.490 e. The topological polar surface area (TPSA) is 108 Å². The van der Waals surface area contributed by atoms with Crippen LogP contribution in [0.25, 0.3) is 0 Å². The lowest BCUT2D eigenvalue weighted by atomic mass is 9.60. The van der Waals surface area contributed by atoms with Crippen LogP contribution in [0.2, 0.25) is 5.02 Å². The number of hydrogen-bond donors (Lipinski definition) is 2. The fraction of sp³-hybridized carbons (Fsp3) is 0.605. The van der Waals surface area contributed by atoms with Crippen LogP contribution in [0, 0.1) is 17.8 Å². The fourth-order valence-electron chi connectivity index (χ4n) is 9.17. The van der Waals surface area contributed by atoms with E-state index in [4.69, 9.17) is 21.1 Å². The molecule has 2 bridgehead atoms. The molecule has 49 heavy (non-hydrogen) atoms. The van der Waals surface area contributed by atoms with Gasteiger partial charge in [0.2, 0.25) is 0 Å². The molecule has 5 aliphatic rings. The summed E-state index contributed by atoms with van der Waals surface area (Å²) < 4.78 is 29.5. The van der Waals surface area contributed by atoms with Crippen LogP contribution in [0.15, 0.2) is 36.4 Å². The van der Waals surface area contributed by atoms with E-state index in [0.29, 0.717) is 63.4 Å². The van der Waals surface area contributed by atoms with Crippen molar-refractivity contribution < 1.29 is 28.4 Å². The zero-order valence-electron chi connectivity index (χ0n) is 28.9. The van der Waals surface area contributed by atoms with E-state index in [1.807, 2.05) is 32.0 Å². The molecule has 2 aromatic carbocycles. The second-order valence-corrected chi connectivity index (χ2v) is 18.3. The van der Waals surface area contributed by atoms with Gasteiger partial charge in [0.05, 0.1) is 28.6 Å². The first kappa shape index (κ1) is 34.6. The number of halogens is 1. The zero-order chi connectivity index (χ0) is 34.7. The molecule has 8 atom stereocenters. The molecule has 266 valence electrons. The van der Waals surface area contributed by atoms with Gasteiger partial charge in [-0.3, -0.25) is 14.3 Å². The minimum atomic E-state index is -3.01. The van der Waals surface area contributed by atoms with Gasteiger partial charge in [-0.05, 0) is 117 Å². The van der Waals surface area contributed by atoms with Crippen molar-refractivity contribution in [1.82, 2.24) is 9.62 Å². The number of aliphatic hydroxyl groups is 1. The third-order valence-electron chi connectivity index (χ3n) is 12.5. The first-order chi connectivity index (χ1) is 23.3. The van der Waals surface area contributed by atoms with Gasteiger partial charge in [-0.15, -0.1) is 0 Å². The van der Waals surface area contributed by atoms with Crippen LogP contribution in [0.3, 0.4) is 0 Å². The highest BCUT2D eigenvalue weighted by atomic mass is 35.5. The number of nitrogens with one attached hydrogen (secondary N) is 1. The van der Waals surface area contributed by atoms with Crippen molar-refractivity contribution in [3.63, 3.8) is 0 Å². The lowest BCUT2D eigenvalue weighted by molar-refractivity contribution is -0.202. The van der Waals surface area contributed by atoms with E-state index in [0.717, 1.165) is 42.8 Å². The van der Waals surface area contributed by atoms with E-state index in [1.165, 1.54) is 11.1 Å². The monoisotopic (exact) mass is 711 g/mol. The van der Waals surface area contributed by atoms with E-state index >= 15 is 0 Å². The first-order valence-corrected chi connectivity index (χ1v) is 20.1. The van der Waals surface area contributed by atoms with Crippen LogP contribution in [0.5, 0.6) is 5.75 Å². The molecule has 1 saturated carbocycles. The zero-order valence-corrected chi connectivity index (χ0v) is 30.5. The lowest BCUT2D eigenvalue weighted by Gasteiger charge is -2.53. The standard InChI is InChI=1S/C38H50ClN3O6S/c1-24-7-5-16-38(45,34-36(44)41(3)17-18-47-34)31-12-9-28(31)21-42-22-37(15-6-8-26-19-29(39)11-13-30(26)37)23-48-33-14-10-27(20-32(33)42)35(43)40-49(4,46)25(24)2/h10-11,13-14,19-20,24-25,28,31,34,45H,4-9,12,15-18,21-23H2,1-3H3,(H,40,43,46)/t24-,25+,28-,31+,34-,37-,38+,49?/m0/s1. The summed E-state index contributed by atoms with van der Waals surface area (Å²) in [4.78, 5) is 31.3. The van der Waals surface area contributed by atoms with Gasteiger partial charge in [0, 0.05) is 47.9 Å². The van der Waals surface area contributed by atoms with E-state index < -0.39 is 32.6 Å². The van der Waals surface area contributed by atoms with E-state index in [-0.39, 0.29) is 29.1 Å². The van der Waals surface area contributed by atoms with E-state index in [1.54, 1.807) is 18.0 Å². The average molecular weight is 712 g/mol. The van der Waals surface area contributed by atoms with Crippen molar-refractivity contribution in [2.45, 2.75) is 87.6 Å². The summed E-state index contributed by atoms with van der Waals surface area (Å²) in [6.07, 6.45) is 5.34. The molecule has 2 amide bonds. The highest BCUT2D eigenvalue weighted by Crippen LogP contribution is 2.50. The minimum absolute atomic E-state index is 0.0503. The van der Waals surface area contributed by atoms with Gasteiger partial charge in [0.25, 0.3) is 11.8 Å². The molecule has 9 nitrogen and oxygen atoms in total. The van der Waals surface area contributed by atoms with Crippen LogP contribution in [-0.2, 0) is 31.1 Å². The Hall–Kier alpha value is -2.79. The maximum Gasteiger partial charge on any atom is 0.262 e. The molecule has 2 N–H and O–H groups in total. The Morgan fingerprint density at radius 1 is 1.08 bits per heavy atom. The van der Waals surface area contributed by atoms with Crippen molar-refractivity contribution in [3.05, 3.63) is 58.1 Å². The van der Waals surface area contributed by atoms with Crippen molar-refractivity contribution in [2.75, 3.05) is 44.8 Å². The number of likely N-dealkylation sites (N-methyl/N-ethyl adjacent to an activating group) is 1. The number of benzene rings is 2. The van der Waals surface area contributed by atoms with Gasteiger partial charge in [0.15, 0.2) is 6.10 Å². The van der Waals surface area contributed by atoms with Gasteiger partial charge >= 0.3 is 0 Å². The van der Waals surface area contributed by atoms with Gasteiger partial charge in [0.1, 0.15) is 11.4 Å². The van der Waals surface area contributed by atoms with Crippen molar-refractivity contribution in [1.29, 1.82) is 0 Å². The van der Waals surface area contributed by atoms with Crippen molar-refractivity contribution in [2.24, 2.45) is 17.8 Å². The van der Waals surface area contributed by atoms with Crippen LogP contribution in [-0.4, -0.2) is 88.8 Å². The van der Waals surface area contributed by atoms with Crippen molar-refractivity contribution >= 4 is 44.7 Å². The normalized spacial score (nSPS) is 36.9. The van der Waals surface area contributed by atoms with Crippen LogP contribution in [0.4, 0.5) is 5.69 Å². The number of anilines is 1. The molecule has 3 heterocycles. The summed E-state index contributed by atoms with van der Waals surface area (Å²) in [5, 5.41) is 13.1. The molecule has 3 aliphatic heterocycles. The average Bonchev–Trinajstić information content (AvgIpc) is 3.20. The summed E-state index contributed by atoms with van der Waals surface area (Å²) in [6, 6.07) is 11.6. The predicted molar refractivity (Wildman–Crippen MR) is 194 cm³/mol. The summed E-state index contributed by atoms with van der Waals surface area (Å²) in [5.74, 6) is 3.98. The molecule has 7 rings (SSSR count). The number of aryl methyl sites for hydroxylation is 1. The Morgan fingerprint density at radius 3 is 2.67 bits per heavy atom. The number of nitrogens with zero attached hydrogens (tertiary/aromatic N) is 2. The Kier molecular flexibility index (Phi) is 9.25. The van der Waals surface area contributed by atoms with Gasteiger partial charge in [-0.1, -0.05) is 31.0 Å². The summed E-state index contributed by atoms with van der Waals surface area (Å²) in [6.45, 7) is 6.51. The number of carbonyl (C=O) groups excluding carboxylic acids is 2. The third-order valence-corrected chi connectivity index (χ3v) is 14.9. The quantitative estimate of drug-likeness (QED) is 0.401. The molecule has 0 aromatic heterocycles. The number of rotatable bonds is 1. The second-order valence-electron chi connectivity index (χ2n) is 15.5. The van der Waals surface area contributed by atoms with Gasteiger partial charge in [-0.25, -0.2) is 4.21 Å². The number of hydrogen-bond acceptors (Lipinski definition) is 7. The molecule has 1 unspecified atom stereocenters. The maximum atomic E-state index is 13.9. The molecule has 2 aromatic rings. The Balaban J connectivity index is 1.32. The van der Waals surface area contributed by atoms with Crippen LogP contribution < -0.4 is 14.4 Å². The van der Waals surface area contributed by atoms with Gasteiger partial charge < -0.3 is 24.4 Å². The molecule has 0 radical (unpaired) electrons. The van der Waals surface area contributed by atoms with E-state index in [2.05, 4.69) is 27.6 Å². The highest BCUT2D eigenvalue weighted by Gasteiger charge is 2.56. The molecular weight excluding hydrogens is 662 g/mol. The minimum Gasteiger partial charge on any atom is -0.490 e. The number of fused-ring (bicyclic) bond motifs is 4. The van der Waals surface area contributed by atoms with Gasteiger partial charge in [-0.2, -0.15) is 0 Å². The lowest BCUT2D eigenvalue weighted by Crippen LogP contribution is -2.64. The molecule has 2 aliphatic carbocycles. The Labute approximate surface area is 295 Å². The predicted octanol–water partition coefficient (Wildman–Crippen LogP) is 5.00. The first-order valence-electron chi connectivity index (χ1n) is 17.9. The molecule has 1 spiro atoms. The molecule has 11 heteroatoms. The molecule has 1 saturated heterocycles.